The number of rotatable bonds is 34. The number of aliphatic hydroxyl groups excluding tert-OH is 2. The maximum atomic E-state index is 13.5. The topological polar surface area (TPSA) is 273 Å². The van der Waals surface area contributed by atoms with Gasteiger partial charge in [0.25, 0.3) is 0 Å². The van der Waals surface area contributed by atoms with Crippen molar-refractivity contribution < 1.29 is 64.9 Å². The van der Waals surface area contributed by atoms with E-state index < -0.39 is 58.6 Å². The predicted octanol–water partition coefficient (Wildman–Crippen LogP) is 12.8. The molecule has 8 aromatic carbocycles. The third-order valence-electron chi connectivity index (χ3n) is 20.2. The van der Waals surface area contributed by atoms with Crippen molar-refractivity contribution >= 4 is 51.6 Å². The third-order valence-corrected chi connectivity index (χ3v) is 28.8. The molecule has 1 amide bonds. The number of carbonyl (C=O) groups is 2. The molecule has 3 fully saturated rings. The van der Waals surface area contributed by atoms with E-state index in [9.17, 15) is 36.6 Å². The summed E-state index contributed by atoms with van der Waals surface area (Å²) in [5.74, 6) is 12.9. The molecular weight excluding hydrogens is 1490 g/mol. The molecule has 0 aromatic heterocycles. The van der Waals surface area contributed by atoms with Gasteiger partial charge in [0.15, 0.2) is 8.32 Å². The molecule has 7 N–H and O–H groups in total. The Kier molecular flexibility index (Phi) is 33.6. The Hall–Kier alpha value is -9.26. The van der Waals surface area contributed by atoms with Crippen LogP contribution >= 0.6 is 0 Å². The van der Waals surface area contributed by atoms with Gasteiger partial charge in [-0.15, -0.1) is 0 Å². The van der Waals surface area contributed by atoms with Crippen LogP contribution < -0.4 is 39.8 Å². The van der Waals surface area contributed by atoms with Gasteiger partial charge in [0, 0.05) is 62.1 Å². The molecule has 0 spiro atoms. The normalized spacial score (nSPS) is 18.4. The molecule has 602 valence electrons. The van der Waals surface area contributed by atoms with E-state index in [0.717, 1.165) is 67.3 Å². The molecule has 22 nitrogen and oxygen atoms in total. The summed E-state index contributed by atoms with van der Waals surface area (Å²) in [7, 11) is -5.55. The summed E-state index contributed by atoms with van der Waals surface area (Å²) in [5.41, 5.74) is 11.8. The average Bonchev–Trinajstić information content (AvgIpc) is 1.60. The van der Waals surface area contributed by atoms with Gasteiger partial charge in [0.2, 0.25) is 26.0 Å². The Morgan fingerprint density at radius 1 is 0.602 bits per heavy atom. The van der Waals surface area contributed by atoms with Crippen LogP contribution in [0.1, 0.15) is 96.4 Å². The lowest BCUT2D eigenvalue weighted by atomic mass is 9.89. The Labute approximate surface area is 669 Å². The van der Waals surface area contributed by atoms with Crippen LogP contribution in [0.2, 0.25) is 17.1 Å². The van der Waals surface area contributed by atoms with Crippen molar-refractivity contribution in [2.75, 3.05) is 76.4 Å². The van der Waals surface area contributed by atoms with Gasteiger partial charge >= 0.3 is 5.97 Å². The minimum Gasteiger partial charge on any atom is -0.461 e. The van der Waals surface area contributed by atoms with Gasteiger partial charge in [-0.05, 0) is 183 Å². The first kappa shape index (κ1) is 87.7. The number of esters is 1. The zero-order valence-electron chi connectivity index (χ0n) is 66.1. The Bertz CT molecular complexity index is 4630. The standard InChI is InChI=1S/C39H44N4O7S.C39H50N2O7SSi.C10H16N2/c1-29(45)37-36(28-44)50-43(38(37)39(46)40-23-11-25-42(2)32-15-5-3-6-16-32)27-31-13-9-12-30(26-31)14-10-24-41-51(47,48)35-21-19-34(20-22-35)49-33-17-7-4-8-18-33;1-7-8-24-50(28(2)3,29(4)5)45-27-36-37-30(6)46-39(42)38(37)41(48-36)26-32-15-12-14-31(25-32)16-13-23-40-49(43,44)35-21-19-34(20-22-35)47-33-17-10-9-11-18-33;1-12(9-5-8-11)10-6-3-2-4-7-10/h3-9,12-13,15-22,26,29,36-38,41,44-45H,11,23-25,27-28H2,1-2H3,(H,40,46);9-12,14-15,17-22,25,28-30,36-38,40H,7-8,23-24,26-27H2,1-6H3;2-4,6-7H,5,8-9,11H2,1H3/t29-,36-,37+,38-;30-,36-,37+,38-;/m11./s1. The van der Waals surface area contributed by atoms with Crippen LogP contribution in [0, 0.1) is 35.5 Å². The van der Waals surface area contributed by atoms with Crippen molar-refractivity contribution in [1.82, 2.24) is 24.9 Å². The molecule has 113 heavy (non-hydrogen) atoms. The van der Waals surface area contributed by atoms with Crippen molar-refractivity contribution in [2.24, 2.45) is 17.6 Å². The number of hydrogen-bond acceptors (Lipinski definition) is 19. The lowest BCUT2D eigenvalue weighted by molar-refractivity contribution is -0.195. The molecular formula is C88H110N8O14S2Si. The summed E-state index contributed by atoms with van der Waals surface area (Å²) in [4.78, 5) is 43.6. The van der Waals surface area contributed by atoms with Crippen LogP contribution in [0.25, 0.3) is 0 Å². The summed E-state index contributed by atoms with van der Waals surface area (Å²) in [6.45, 7) is 18.3. The van der Waals surface area contributed by atoms with Gasteiger partial charge in [0.05, 0.1) is 61.2 Å². The number of unbranched alkanes of at least 4 members (excludes halogenated alkanes) is 1. The largest absolute Gasteiger partial charge is 0.461 e. The fourth-order valence-corrected chi connectivity index (χ4v) is 20.7. The molecule has 0 aliphatic carbocycles. The maximum Gasteiger partial charge on any atom is 0.326 e. The van der Waals surface area contributed by atoms with E-state index in [1.165, 1.54) is 35.0 Å². The number of nitrogens with two attached hydrogens (primary N) is 1. The molecule has 0 saturated carbocycles. The van der Waals surface area contributed by atoms with Crippen molar-refractivity contribution in [3.63, 3.8) is 0 Å². The number of sulfonamides is 2. The fourth-order valence-electron chi connectivity index (χ4n) is 14.1. The first-order chi connectivity index (χ1) is 54.4. The quantitative estimate of drug-likeness (QED) is 0.00946. The van der Waals surface area contributed by atoms with Crippen LogP contribution in [0.15, 0.2) is 228 Å². The van der Waals surface area contributed by atoms with Gasteiger partial charge < -0.3 is 49.7 Å². The lowest BCUT2D eigenvalue weighted by Crippen LogP contribution is -2.49. The molecule has 8 atom stereocenters. The van der Waals surface area contributed by atoms with Gasteiger partial charge in [-0.1, -0.05) is 168 Å². The molecule has 3 aliphatic rings. The SMILES string of the molecule is CCCC[Si](OC[C@H]1ON(Cc2cccc(C#CCNS(=O)(=O)c3ccc(Oc4ccccc4)cc3)c2)[C@H]2C(=O)O[C@H](C)[C@@H]12)(C(C)C)C(C)C.CN(CCCN)c1ccccc1.C[C@@H](O)[C@H]1[C@@H](CO)ON(Cc2cccc(C#CCNS(=O)(=O)c3ccc(Oc4ccccc4)cc3)c2)[C@H]1C(=O)NCCCN(C)c1ccccc1. The van der Waals surface area contributed by atoms with Gasteiger partial charge in [0.1, 0.15) is 53.4 Å². The zero-order chi connectivity index (χ0) is 80.9. The number of amides is 1. The second-order valence-electron chi connectivity index (χ2n) is 29.0. The number of nitrogens with one attached hydrogen (secondary N) is 3. The van der Waals surface area contributed by atoms with E-state index >= 15 is 0 Å². The molecule has 3 aliphatic heterocycles. The number of ether oxygens (including phenoxy) is 3. The number of fused-ring (bicyclic) bond motifs is 1. The number of carbonyl (C=O) groups excluding carboxylic acids is 2. The summed E-state index contributed by atoms with van der Waals surface area (Å²) in [6.07, 6.45) is 1.82. The molecule has 0 bridgehead atoms. The molecule has 25 heteroatoms. The smallest absolute Gasteiger partial charge is 0.326 e. The van der Waals surface area contributed by atoms with E-state index in [2.05, 4.69) is 102 Å². The summed E-state index contributed by atoms with van der Waals surface area (Å²) in [6, 6.07) is 65.9. The van der Waals surface area contributed by atoms with Crippen LogP contribution in [0.4, 0.5) is 11.4 Å². The minimum atomic E-state index is -3.80. The number of aliphatic hydroxyl groups is 2. The molecule has 3 saturated heterocycles. The molecule has 0 radical (unpaired) electrons. The summed E-state index contributed by atoms with van der Waals surface area (Å²) in [5, 5.41) is 26.9. The lowest BCUT2D eigenvalue weighted by Gasteiger charge is -2.40. The van der Waals surface area contributed by atoms with Gasteiger partial charge in [-0.3, -0.25) is 19.3 Å². The van der Waals surface area contributed by atoms with Crippen LogP contribution in [-0.4, -0.2) is 160 Å². The van der Waals surface area contributed by atoms with Crippen LogP contribution in [0.5, 0.6) is 23.0 Å². The second kappa shape index (κ2) is 43.3. The highest BCUT2D eigenvalue weighted by Crippen LogP contribution is 2.43. The number of hydrogen-bond donors (Lipinski definition) is 6. The molecule has 0 unspecified atom stereocenters. The average molecular weight is 1600 g/mol. The van der Waals surface area contributed by atoms with Crippen molar-refractivity contribution in [1.29, 1.82) is 0 Å². The number of nitrogens with zero attached hydrogens (tertiary/aromatic N) is 4. The predicted molar refractivity (Wildman–Crippen MR) is 445 cm³/mol. The van der Waals surface area contributed by atoms with E-state index in [1.807, 2.05) is 166 Å². The van der Waals surface area contributed by atoms with E-state index in [-0.39, 0.29) is 66.0 Å². The van der Waals surface area contributed by atoms with Gasteiger partial charge in [-0.2, -0.15) is 19.6 Å². The Morgan fingerprint density at radius 2 is 1.05 bits per heavy atom. The fraction of sp³-hybridized carbons (Fsp3) is 0.386. The number of para-hydroxylation sites is 4. The molecule has 3 heterocycles. The zero-order valence-corrected chi connectivity index (χ0v) is 68.8. The van der Waals surface area contributed by atoms with E-state index in [4.69, 9.17) is 34.0 Å². The Morgan fingerprint density at radius 3 is 1.50 bits per heavy atom. The number of benzene rings is 8. The highest BCUT2D eigenvalue weighted by atomic mass is 32.2. The van der Waals surface area contributed by atoms with Crippen molar-refractivity contribution in [3.05, 3.63) is 241 Å². The number of cyclic esters (lactones) is 1. The second-order valence-corrected chi connectivity index (χ2v) is 37.5. The number of anilines is 2. The molecule has 11 rings (SSSR count). The summed E-state index contributed by atoms with van der Waals surface area (Å²) < 4.78 is 80.6. The van der Waals surface area contributed by atoms with Crippen molar-refractivity contribution in [2.45, 2.75) is 151 Å². The summed E-state index contributed by atoms with van der Waals surface area (Å²) >= 11 is 0. The van der Waals surface area contributed by atoms with Crippen LogP contribution in [-0.2, 0) is 61.6 Å². The monoisotopic (exact) mass is 1590 g/mol. The minimum absolute atomic E-state index is 0.0605. The highest BCUT2D eigenvalue weighted by molar-refractivity contribution is 7.89. The number of hydroxylamine groups is 4. The van der Waals surface area contributed by atoms with Gasteiger partial charge in [-0.25, -0.2) is 16.8 Å². The Balaban J connectivity index is 0.000000225. The maximum absolute atomic E-state index is 13.5. The highest BCUT2D eigenvalue weighted by Gasteiger charge is 2.57. The van der Waals surface area contributed by atoms with E-state index in [1.54, 1.807) is 42.3 Å². The first-order valence-electron chi connectivity index (χ1n) is 38.7. The third kappa shape index (κ3) is 25.4. The van der Waals surface area contributed by atoms with E-state index in [0.29, 0.717) is 65.8 Å². The van der Waals surface area contributed by atoms with Crippen LogP contribution in [0.3, 0.4) is 0 Å². The van der Waals surface area contributed by atoms with Crippen molar-refractivity contribution in [3.8, 4) is 46.7 Å². The molecule has 8 aromatic rings. The first-order valence-corrected chi connectivity index (χ1v) is 44.0.